The zero-order valence-corrected chi connectivity index (χ0v) is 23.2. The standard InChI is InChI=1S/C31H45N3O3/c1-23(2)21-33(5)29(36)20-32-30(37)26(18-25-10-7-6-8-11-25)14-16-34-17-15-31(4,24(3)22-34)27-12-9-13-28(35)19-27/h6-13,19,23-24,26,35H,14-18,20-22H2,1-5H3,(H,32,37). The van der Waals surface area contributed by atoms with Crippen LogP contribution in [0.15, 0.2) is 54.6 Å². The van der Waals surface area contributed by atoms with Crippen molar-refractivity contribution in [2.75, 3.05) is 39.8 Å². The van der Waals surface area contributed by atoms with Crippen molar-refractivity contribution in [1.29, 1.82) is 0 Å². The lowest BCUT2D eigenvalue weighted by molar-refractivity contribution is -0.133. The van der Waals surface area contributed by atoms with Crippen LogP contribution in [0, 0.1) is 17.8 Å². The summed E-state index contributed by atoms with van der Waals surface area (Å²) in [6, 6.07) is 17.8. The molecule has 0 aliphatic carbocycles. The molecule has 2 aromatic rings. The fourth-order valence-corrected chi connectivity index (χ4v) is 5.46. The SMILES string of the molecule is CC(C)CN(C)C(=O)CNC(=O)C(CCN1CCC(C)(c2cccc(O)c2)C(C)C1)Cc1ccccc1. The van der Waals surface area contributed by atoms with Gasteiger partial charge in [-0.15, -0.1) is 0 Å². The minimum atomic E-state index is -0.194. The lowest BCUT2D eigenvalue weighted by Gasteiger charge is -2.45. The maximum Gasteiger partial charge on any atom is 0.241 e. The summed E-state index contributed by atoms with van der Waals surface area (Å²) in [5.74, 6) is 0.814. The van der Waals surface area contributed by atoms with Crippen LogP contribution in [0.3, 0.4) is 0 Å². The Kier molecular flexibility index (Phi) is 10.2. The number of piperidine rings is 1. The molecule has 202 valence electrons. The van der Waals surface area contributed by atoms with Crippen molar-refractivity contribution in [2.45, 2.75) is 52.4 Å². The van der Waals surface area contributed by atoms with Crippen molar-refractivity contribution < 1.29 is 14.7 Å². The molecule has 2 aromatic carbocycles. The molecule has 0 bridgehead atoms. The molecule has 3 atom stereocenters. The van der Waals surface area contributed by atoms with Crippen molar-refractivity contribution in [2.24, 2.45) is 17.8 Å². The highest BCUT2D eigenvalue weighted by atomic mass is 16.3. The van der Waals surface area contributed by atoms with Gasteiger partial charge in [0.25, 0.3) is 0 Å². The molecule has 6 heteroatoms. The molecule has 2 amide bonds. The number of hydrogen-bond acceptors (Lipinski definition) is 4. The van der Waals surface area contributed by atoms with E-state index in [0.717, 1.165) is 38.0 Å². The molecule has 1 aliphatic heterocycles. The number of amides is 2. The van der Waals surface area contributed by atoms with E-state index in [9.17, 15) is 14.7 Å². The van der Waals surface area contributed by atoms with Gasteiger partial charge in [-0.2, -0.15) is 0 Å². The molecule has 1 fully saturated rings. The summed E-state index contributed by atoms with van der Waals surface area (Å²) in [6.07, 6.45) is 2.41. The minimum Gasteiger partial charge on any atom is -0.508 e. The topological polar surface area (TPSA) is 72.9 Å². The largest absolute Gasteiger partial charge is 0.508 e. The summed E-state index contributed by atoms with van der Waals surface area (Å²) in [4.78, 5) is 29.9. The summed E-state index contributed by atoms with van der Waals surface area (Å²) in [6.45, 7) is 12.2. The van der Waals surface area contributed by atoms with Gasteiger partial charge in [-0.1, -0.05) is 70.2 Å². The summed E-state index contributed by atoms with van der Waals surface area (Å²) < 4.78 is 0. The first-order valence-corrected chi connectivity index (χ1v) is 13.7. The van der Waals surface area contributed by atoms with E-state index in [1.165, 1.54) is 5.56 Å². The van der Waals surface area contributed by atoms with Gasteiger partial charge in [0.1, 0.15) is 5.75 Å². The predicted molar refractivity (Wildman–Crippen MR) is 149 cm³/mol. The third kappa shape index (κ3) is 8.06. The Morgan fingerprint density at radius 3 is 2.54 bits per heavy atom. The van der Waals surface area contributed by atoms with Gasteiger partial charge in [0.05, 0.1) is 6.54 Å². The first kappa shape index (κ1) is 28.7. The molecule has 0 spiro atoms. The van der Waals surface area contributed by atoms with E-state index < -0.39 is 0 Å². The molecule has 1 aliphatic rings. The first-order chi connectivity index (χ1) is 17.6. The Labute approximate surface area is 223 Å². The highest BCUT2D eigenvalue weighted by molar-refractivity contribution is 5.85. The monoisotopic (exact) mass is 507 g/mol. The smallest absolute Gasteiger partial charge is 0.241 e. The predicted octanol–water partition coefficient (Wildman–Crippen LogP) is 4.47. The van der Waals surface area contributed by atoms with Gasteiger partial charge in [0, 0.05) is 26.1 Å². The fraction of sp³-hybridized carbons (Fsp3) is 0.548. The van der Waals surface area contributed by atoms with Gasteiger partial charge in [0.15, 0.2) is 0 Å². The molecule has 3 rings (SSSR count). The molecular weight excluding hydrogens is 462 g/mol. The normalized spacial score (nSPS) is 21.0. The van der Waals surface area contributed by atoms with E-state index >= 15 is 0 Å². The lowest BCUT2D eigenvalue weighted by atomic mass is 9.68. The molecule has 37 heavy (non-hydrogen) atoms. The summed E-state index contributed by atoms with van der Waals surface area (Å²) in [5.41, 5.74) is 2.33. The number of likely N-dealkylation sites (N-methyl/N-ethyl adjacent to an activating group) is 1. The number of carbonyl (C=O) groups excluding carboxylic acids is 2. The van der Waals surface area contributed by atoms with Crippen LogP contribution < -0.4 is 5.32 Å². The molecule has 0 radical (unpaired) electrons. The third-order valence-corrected chi connectivity index (χ3v) is 8.04. The number of nitrogens with zero attached hydrogens (tertiary/aromatic N) is 2. The van der Waals surface area contributed by atoms with Crippen LogP contribution in [-0.4, -0.2) is 66.5 Å². The highest BCUT2D eigenvalue weighted by Crippen LogP contribution is 2.40. The summed E-state index contributed by atoms with van der Waals surface area (Å²) in [5, 5.41) is 12.9. The third-order valence-electron chi connectivity index (χ3n) is 8.04. The molecule has 0 aromatic heterocycles. The average Bonchev–Trinajstić information content (AvgIpc) is 2.87. The Bertz CT molecular complexity index is 1030. The number of phenolic OH excluding ortho intramolecular Hbond substituents is 1. The van der Waals surface area contributed by atoms with Crippen molar-refractivity contribution in [1.82, 2.24) is 15.1 Å². The van der Waals surface area contributed by atoms with Gasteiger partial charge in [-0.25, -0.2) is 0 Å². The Morgan fingerprint density at radius 2 is 1.89 bits per heavy atom. The van der Waals surface area contributed by atoms with Gasteiger partial charge in [0.2, 0.25) is 11.8 Å². The lowest BCUT2D eigenvalue weighted by Crippen LogP contribution is -2.48. The molecule has 0 saturated carbocycles. The molecular formula is C31H45N3O3. The number of benzene rings is 2. The van der Waals surface area contributed by atoms with Crippen LogP contribution in [-0.2, 0) is 21.4 Å². The maximum absolute atomic E-state index is 13.2. The molecule has 2 N–H and O–H groups in total. The van der Waals surface area contributed by atoms with Crippen LogP contribution in [0.5, 0.6) is 5.75 Å². The van der Waals surface area contributed by atoms with Gasteiger partial charge >= 0.3 is 0 Å². The van der Waals surface area contributed by atoms with E-state index in [1.807, 2.05) is 30.3 Å². The van der Waals surface area contributed by atoms with Crippen LogP contribution in [0.25, 0.3) is 0 Å². The number of likely N-dealkylation sites (tertiary alicyclic amines) is 1. The molecule has 3 unspecified atom stereocenters. The van der Waals surface area contributed by atoms with E-state index in [0.29, 0.717) is 30.6 Å². The van der Waals surface area contributed by atoms with Crippen LogP contribution >= 0.6 is 0 Å². The van der Waals surface area contributed by atoms with E-state index in [4.69, 9.17) is 0 Å². The van der Waals surface area contributed by atoms with Crippen LogP contribution in [0.2, 0.25) is 0 Å². The molecule has 1 saturated heterocycles. The Balaban J connectivity index is 1.60. The van der Waals surface area contributed by atoms with Crippen molar-refractivity contribution in [3.63, 3.8) is 0 Å². The second-order valence-electron chi connectivity index (χ2n) is 11.5. The van der Waals surface area contributed by atoms with E-state index in [-0.39, 0.29) is 29.7 Å². The summed E-state index contributed by atoms with van der Waals surface area (Å²) in [7, 11) is 1.79. The fourth-order valence-electron chi connectivity index (χ4n) is 5.46. The number of carbonyl (C=O) groups is 2. The average molecular weight is 508 g/mol. The minimum absolute atomic E-state index is 0.0123. The van der Waals surface area contributed by atoms with Gasteiger partial charge in [-0.3, -0.25) is 9.59 Å². The van der Waals surface area contributed by atoms with Crippen molar-refractivity contribution in [3.8, 4) is 5.75 Å². The zero-order chi connectivity index (χ0) is 27.0. The van der Waals surface area contributed by atoms with E-state index in [2.05, 4.69) is 56.1 Å². The number of aromatic hydroxyl groups is 1. The second kappa shape index (κ2) is 13.1. The van der Waals surface area contributed by atoms with Crippen molar-refractivity contribution in [3.05, 3.63) is 65.7 Å². The highest BCUT2D eigenvalue weighted by Gasteiger charge is 2.38. The zero-order valence-electron chi connectivity index (χ0n) is 23.2. The number of rotatable bonds is 11. The van der Waals surface area contributed by atoms with Gasteiger partial charge in [-0.05, 0) is 72.9 Å². The van der Waals surface area contributed by atoms with Crippen LogP contribution in [0.1, 0.15) is 51.7 Å². The quantitative estimate of drug-likeness (QED) is 0.471. The maximum atomic E-state index is 13.2. The molecule has 1 heterocycles. The first-order valence-electron chi connectivity index (χ1n) is 13.7. The number of hydrogen-bond donors (Lipinski definition) is 2. The Morgan fingerprint density at radius 1 is 1.16 bits per heavy atom. The summed E-state index contributed by atoms with van der Waals surface area (Å²) >= 11 is 0. The molecule has 6 nitrogen and oxygen atoms in total. The van der Waals surface area contributed by atoms with Crippen LogP contribution in [0.4, 0.5) is 0 Å². The Hall–Kier alpha value is -2.86. The van der Waals surface area contributed by atoms with Crippen molar-refractivity contribution >= 4 is 11.8 Å². The van der Waals surface area contributed by atoms with Gasteiger partial charge < -0.3 is 20.2 Å². The second-order valence-corrected chi connectivity index (χ2v) is 11.5. The van der Waals surface area contributed by atoms with E-state index in [1.54, 1.807) is 18.0 Å². The number of nitrogens with one attached hydrogen (secondary N) is 1. The number of phenols is 1.